The molecule has 1 atom stereocenters. The summed E-state index contributed by atoms with van der Waals surface area (Å²) in [6, 6.07) is 15.0. The van der Waals surface area contributed by atoms with Gasteiger partial charge >= 0.3 is 0 Å². The maximum atomic E-state index is 12.3. The molecular formula is C21H23N3O2. The fourth-order valence-electron chi connectivity index (χ4n) is 3.80. The Morgan fingerprint density at radius 3 is 2.69 bits per heavy atom. The molecule has 0 saturated carbocycles. The third kappa shape index (κ3) is 3.54. The zero-order valence-corrected chi connectivity index (χ0v) is 14.6. The summed E-state index contributed by atoms with van der Waals surface area (Å²) >= 11 is 0. The summed E-state index contributed by atoms with van der Waals surface area (Å²) in [5, 5.41) is 11.3. The van der Waals surface area contributed by atoms with Crippen molar-refractivity contribution in [2.24, 2.45) is 5.92 Å². The first-order valence-corrected chi connectivity index (χ1v) is 9.13. The van der Waals surface area contributed by atoms with Gasteiger partial charge < -0.3 is 10.1 Å². The normalized spacial score (nSPS) is 17.4. The van der Waals surface area contributed by atoms with Crippen LogP contribution in [0.5, 0.6) is 0 Å². The fraction of sp³-hybridized carbons (Fsp3) is 0.333. The average molecular weight is 349 g/mol. The quantitative estimate of drug-likeness (QED) is 0.760. The maximum Gasteiger partial charge on any atom is 0.189 e. The lowest BCUT2D eigenvalue weighted by Crippen LogP contribution is -2.35. The molecule has 0 aliphatic carbocycles. The van der Waals surface area contributed by atoms with Crippen LogP contribution in [0.2, 0.25) is 0 Å². The number of nitrogens with one attached hydrogen (secondary N) is 1. The van der Waals surface area contributed by atoms with Crippen molar-refractivity contribution in [2.75, 3.05) is 13.1 Å². The average Bonchev–Trinajstić information content (AvgIpc) is 2.69. The van der Waals surface area contributed by atoms with Crippen LogP contribution in [0.1, 0.15) is 30.3 Å². The van der Waals surface area contributed by atoms with E-state index >= 15 is 0 Å². The van der Waals surface area contributed by atoms with Gasteiger partial charge in [0.1, 0.15) is 0 Å². The number of para-hydroxylation sites is 1. The topological polar surface area (TPSA) is 69.2 Å². The summed E-state index contributed by atoms with van der Waals surface area (Å²) in [6.07, 6.45) is 3.08. The molecule has 0 radical (unpaired) electrons. The lowest BCUT2D eigenvalue weighted by molar-refractivity contribution is 0.0537. The molecule has 134 valence electrons. The molecule has 3 heterocycles. The van der Waals surface area contributed by atoms with Crippen molar-refractivity contribution in [1.29, 1.82) is 0 Å². The first kappa shape index (κ1) is 16.9. The number of rotatable bonds is 4. The van der Waals surface area contributed by atoms with Crippen LogP contribution in [0.4, 0.5) is 0 Å². The van der Waals surface area contributed by atoms with E-state index in [1.165, 1.54) is 0 Å². The molecule has 0 unspecified atom stereocenters. The van der Waals surface area contributed by atoms with Crippen LogP contribution in [0.25, 0.3) is 10.9 Å². The number of benzene rings is 1. The Labute approximate surface area is 152 Å². The molecule has 0 amide bonds. The number of aliphatic hydroxyl groups excluding tert-OH is 1. The maximum absolute atomic E-state index is 12.3. The van der Waals surface area contributed by atoms with E-state index in [-0.39, 0.29) is 11.3 Å². The Kier molecular flexibility index (Phi) is 4.82. The van der Waals surface area contributed by atoms with Crippen molar-refractivity contribution in [3.63, 3.8) is 0 Å². The molecule has 2 N–H and O–H groups in total. The zero-order valence-electron chi connectivity index (χ0n) is 14.6. The van der Waals surface area contributed by atoms with Crippen LogP contribution in [0, 0.1) is 5.92 Å². The summed E-state index contributed by atoms with van der Waals surface area (Å²) in [4.78, 5) is 22.2. The van der Waals surface area contributed by atoms with E-state index in [0.29, 0.717) is 0 Å². The standard InChI is InChI=1S/C21H23N3O2/c25-20-13-16(23-18-6-2-1-5-17(18)20)14-24-11-8-15(9-12-24)21(26)19-7-3-4-10-22-19/h1-7,10,13,15,21,26H,8-9,11-12,14H2,(H,23,25)/t21-/m1/s1. The Morgan fingerprint density at radius 1 is 1.15 bits per heavy atom. The second-order valence-electron chi connectivity index (χ2n) is 7.02. The molecule has 5 heteroatoms. The molecule has 0 bridgehead atoms. The number of piperidine rings is 1. The van der Waals surface area contributed by atoms with E-state index in [0.717, 1.165) is 54.8 Å². The van der Waals surface area contributed by atoms with Crippen molar-refractivity contribution in [2.45, 2.75) is 25.5 Å². The SMILES string of the molecule is O=c1cc(CN2CCC([C@@H](O)c3ccccn3)CC2)[nH]c2ccccc12. The van der Waals surface area contributed by atoms with Crippen molar-refractivity contribution >= 4 is 10.9 Å². The largest absolute Gasteiger partial charge is 0.387 e. The summed E-state index contributed by atoms with van der Waals surface area (Å²) in [7, 11) is 0. The van der Waals surface area contributed by atoms with E-state index in [1.807, 2.05) is 42.5 Å². The molecule has 1 aliphatic heterocycles. The van der Waals surface area contributed by atoms with Gasteiger partial charge in [0.25, 0.3) is 0 Å². The van der Waals surface area contributed by atoms with Crippen LogP contribution < -0.4 is 5.43 Å². The summed E-state index contributed by atoms with van der Waals surface area (Å²) < 4.78 is 0. The number of pyridine rings is 2. The molecule has 0 spiro atoms. The van der Waals surface area contributed by atoms with Crippen molar-refractivity contribution in [1.82, 2.24) is 14.9 Å². The van der Waals surface area contributed by atoms with Crippen molar-refractivity contribution < 1.29 is 5.11 Å². The minimum atomic E-state index is -0.501. The van der Waals surface area contributed by atoms with Crippen molar-refractivity contribution in [3.8, 4) is 0 Å². The van der Waals surface area contributed by atoms with Crippen LogP contribution in [0.3, 0.4) is 0 Å². The van der Waals surface area contributed by atoms with Gasteiger partial charge in [0, 0.05) is 35.4 Å². The summed E-state index contributed by atoms with van der Waals surface area (Å²) in [5.41, 5.74) is 2.65. The van der Waals surface area contributed by atoms with E-state index in [4.69, 9.17) is 0 Å². The molecule has 26 heavy (non-hydrogen) atoms. The van der Waals surface area contributed by atoms with Gasteiger partial charge in [0.15, 0.2) is 5.43 Å². The monoisotopic (exact) mass is 349 g/mol. The molecular weight excluding hydrogens is 326 g/mol. The number of likely N-dealkylation sites (tertiary alicyclic amines) is 1. The molecule has 3 aromatic rings. The number of hydrogen-bond acceptors (Lipinski definition) is 4. The number of H-pyrrole nitrogens is 1. The second kappa shape index (κ2) is 7.40. The predicted molar refractivity (Wildman–Crippen MR) is 102 cm³/mol. The third-order valence-corrected chi connectivity index (χ3v) is 5.26. The highest BCUT2D eigenvalue weighted by Gasteiger charge is 2.27. The lowest BCUT2D eigenvalue weighted by Gasteiger charge is -2.34. The van der Waals surface area contributed by atoms with Gasteiger partial charge in [-0.25, -0.2) is 0 Å². The van der Waals surface area contributed by atoms with Gasteiger partial charge in [0.05, 0.1) is 11.8 Å². The first-order chi connectivity index (χ1) is 12.7. The highest BCUT2D eigenvalue weighted by atomic mass is 16.3. The highest BCUT2D eigenvalue weighted by molar-refractivity contribution is 5.78. The van der Waals surface area contributed by atoms with Crippen molar-refractivity contribution in [3.05, 3.63) is 76.3 Å². The molecule has 1 aliphatic rings. The van der Waals surface area contributed by atoms with Gasteiger partial charge in [-0.05, 0) is 56.1 Å². The van der Waals surface area contributed by atoms with E-state index in [2.05, 4.69) is 14.9 Å². The number of aliphatic hydroxyl groups is 1. The molecule has 5 nitrogen and oxygen atoms in total. The Balaban J connectivity index is 1.40. The molecule has 1 aromatic carbocycles. The van der Waals surface area contributed by atoms with E-state index in [1.54, 1.807) is 12.3 Å². The summed E-state index contributed by atoms with van der Waals surface area (Å²) in [5.74, 6) is 0.233. The van der Waals surface area contributed by atoms with Gasteiger partial charge in [0.2, 0.25) is 0 Å². The molecule has 2 aromatic heterocycles. The molecule has 1 saturated heterocycles. The lowest BCUT2D eigenvalue weighted by atomic mass is 9.89. The molecule has 1 fully saturated rings. The number of fused-ring (bicyclic) bond motifs is 1. The van der Waals surface area contributed by atoms with E-state index in [9.17, 15) is 9.90 Å². The minimum absolute atomic E-state index is 0.0646. The van der Waals surface area contributed by atoms with Gasteiger partial charge in [-0.15, -0.1) is 0 Å². The Morgan fingerprint density at radius 2 is 1.92 bits per heavy atom. The third-order valence-electron chi connectivity index (χ3n) is 5.26. The summed E-state index contributed by atoms with van der Waals surface area (Å²) in [6.45, 7) is 2.54. The van der Waals surface area contributed by atoms with Gasteiger partial charge in [-0.1, -0.05) is 18.2 Å². The Hall–Kier alpha value is -2.50. The van der Waals surface area contributed by atoms with Crippen LogP contribution in [-0.2, 0) is 6.54 Å². The highest BCUT2D eigenvalue weighted by Crippen LogP contribution is 2.30. The first-order valence-electron chi connectivity index (χ1n) is 9.13. The smallest absolute Gasteiger partial charge is 0.189 e. The number of aromatic nitrogens is 2. The van der Waals surface area contributed by atoms with Crippen LogP contribution >= 0.6 is 0 Å². The second-order valence-corrected chi connectivity index (χ2v) is 7.02. The van der Waals surface area contributed by atoms with Gasteiger partial charge in [-0.3, -0.25) is 14.7 Å². The number of nitrogens with zero attached hydrogens (tertiary/aromatic N) is 2. The zero-order chi connectivity index (χ0) is 17.9. The van der Waals surface area contributed by atoms with Crippen LogP contribution in [-0.4, -0.2) is 33.1 Å². The van der Waals surface area contributed by atoms with E-state index < -0.39 is 6.10 Å². The van der Waals surface area contributed by atoms with Crippen LogP contribution in [0.15, 0.2) is 59.5 Å². The number of aromatic amines is 1. The minimum Gasteiger partial charge on any atom is -0.387 e. The fourth-order valence-corrected chi connectivity index (χ4v) is 3.80. The molecule has 4 rings (SSSR count). The predicted octanol–water partition coefficient (Wildman–Crippen LogP) is 2.87. The van der Waals surface area contributed by atoms with Gasteiger partial charge in [-0.2, -0.15) is 0 Å². The number of hydrogen-bond donors (Lipinski definition) is 2. The Bertz CT molecular complexity index is 931.